The largest absolute Gasteiger partial charge is 0.294 e. The van der Waals surface area contributed by atoms with Gasteiger partial charge in [-0.2, -0.15) is 0 Å². The average molecular weight is 610 g/mol. The van der Waals surface area contributed by atoms with Crippen molar-refractivity contribution in [2.75, 3.05) is 0 Å². The summed E-state index contributed by atoms with van der Waals surface area (Å²) in [6.45, 7) is 0. The Hall–Kier alpha value is -5.36. The van der Waals surface area contributed by atoms with Gasteiger partial charge in [-0.25, -0.2) is 9.97 Å². The third kappa shape index (κ3) is 3.69. The molecule has 0 aliphatic carbocycles. The zero-order chi connectivity index (χ0) is 29.5. The van der Waals surface area contributed by atoms with Gasteiger partial charge in [0.05, 0.1) is 16.7 Å². The van der Waals surface area contributed by atoms with E-state index >= 15 is 0 Å². The van der Waals surface area contributed by atoms with E-state index in [0.717, 1.165) is 33.7 Å². The fraction of sp³-hybridized carbons (Fsp3) is 0. The van der Waals surface area contributed by atoms with Gasteiger partial charge in [-0.3, -0.25) is 4.57 Å². The van der Waals surface area contributed by atoms with Gasteiger partial charge in [-0.15, -0.1) is 22.7 Å². The summed E-state index contributed by atoms with van der Waals surface area (Å²) in [5, 5.41) is 7.82. The Kier molecular flexibility index (Phi) is 5.32. The minimum Gasteiger partial charge on any atom is -0.294 e. The normalized spacial score (nSPS) is 12.0. The van der Waals surface area contributed by atoms with Crippen LogP contribution in [0, 0.1) is 0 Å². The Morgan fingerprint density at radius 2 is 1.09 bits per heavy atom. The molecule has 0 N–H and O–H groups in total. The first kappa shape index (κ1) is 25.0. The van der Waals surface area contributed by atoms with Crippen LogP contribution in [0.3, 0.4) is 0 Å². The monoisotopic (exact) mass is 609 g/mol. The molecule has 0 atom stereocenters. The highest BCUT2D eigenvalue weighted by molar-refractivity contribution is 7.27. The van der Waals surface area contributed by atoms with Crippen LogP contribution in [0.4, 0.5) is 0 Å². The van der Waals surface area contributed by atoms with Crippen molar-refractivity contribution in [1.29, 1.82) is 0 Å². The molecule has 6 aromatic carbocycles. The molecule has 0 aliphatic rings. The van der Waals surface area contributed by atoms with Crippen LogP contribution in [-0.2, 0) is 0 Å². The fourth-order valence-corrected chi connectivity index (χ4v) is 9.22. The van der Waals surface area contributed by atoms with Crippen LogP contribution in [0.2, 0.25) is 0 Å². The first-order valence-electron chi connectivity index (χ1n) is 15.0. The zero-order valence-corrected chi connectivity index (χ0v) is 25.6. The highest BCUT2D eigenvalue weighted by atomic mass is 32.1. The van der Waals surface area contributed by atoms with Gasteiger partial charge in [0.1, 0.15) is 5.82 Å². The molecule has 0 fully saturated rings. The lowest BCUT2D eigenvalue weighted by atomic mass is 10.0. The number of fused-ring (bicyclic) bond motifs is 11. The van der Waals surface area contributed by atoms with Crippen molar-refractivity contribution < 1.29 is 0 Å². The molecule has 10 aromatic rings. The number of rotatable bonds is 3. The Labute approximate surface area is 266 Å². The summed E-state index contributed by atoms with van der Waals surface area (Å²) in [5.74, 6) is 1.58. The lowest BCUT2D eigenvalue weighted by Gasteiger charge is -2.12. The molecule has 4 heterocycles. The van der Waals surface area contributed by atoms with Crippen molar-refractivity contribution >= 4 is 84.8 Å². The van der Waals surface area contributed by atoms with Crippen LogP contribution in [0.15, 0.2) is 140 Å². The molecule has 0 aliphatic heterocycles. The highest BCUT2D eigenvalue weighted by Crippen LogP contribution is 2.48. The lowest BCUT2D eigenvalue weighted by molar-refractivity contribution is 1.05. The van der Waals surface area contributed by atoms with Gasteiger partial charge in [0.2, 0.25) is 0 Å². The molecule has 45 heavy (non-hydrogen) atoms. The lowest BCUT2D eigenvalue weighted by Crippen LogP contribution is -2.02. The van der Waals surface area contributed by atoms with E-state index in [4.69, 9.17) is 9.97 Å². The molecule has 0 unspecified atom stereocenters. The van der Waals surface area contributed by atoms with E-state index in [0.29, 0.717) is 5.82 Å². The van der Waals surface area contributed by atoms with Gasteiger partial charge in [0.25, 0.3) is 0 Å². The highest BCUT2D eigenvalue weighted by Gasteiger charge is 2.22. The number of hydrogen-bond acceptors (Lipinski definition) is 4. The van der Waals surface area contributed by atoms with Gasteiger partial charge >= 0.3 is 0 Å². The zero-order valence-electron chi connectivity index (χ0n) is 23.9. The predicted molar refractivity (Wildman–Crippen MR) is 193 cm³/mol. The maximum absolute atomic E-state index is 5.28. The van der Waals surface area contributed by atoms with Crippen LogP contribution in [0.5, 0.6) is 0 Å². The minimum absolute atomic E-state index is 0.715. The third-order valence-corrected chi connectivity index (χ3v) is 11.2. The van der Waals surface area contributed by atoms with Crippen LogP contribution in [-0.4, -0.2) is 14.5 Å². The Morgan fingerprint density at radius 3 is 1.89 bits per heavy atom. The van der Waals surface area contributed by atoms with E-state index < -0.39 is 0 Å². The number of thiophene rings is 2. The maximum atomic E-state index is 5.28. The summed E-state index contributed by atoms with van der Waals surface area (Å²) in [5.41, 5.74) is 5.28. The van der Waals surface area contributed by atoms with Crippen molar-refractivity contribution in [2.45, 2.75) is 0 Å². The first-order valence-corrected chi connectivity index (χ1v) is 16.6. The van der Waals surface area contributed by atoms with Gasteiger partial charge in [0.15, 0.2) is 5.82 Å². The van der Waals surface area contributed by atoms with Crippen molar-refractivity contribution in [3.05, 3.63) is 140 Å². The number of aromatic nitrogens is 3. The molecule has 210 valence electrons. The molecule has 0 radical (unpaired) electrons. The molecule has 0 spiro atoms. The molecular weight excluding hydrogens is 587 g/mol. The van der Waals surface area contributed by atoms with Gasteiger partial charge in [-0.05, 0) is 30.3 Å². The van der Waals surface area contributed by atoms with E-state index in [9.17, 15) is 0 Å². The van der Waals surface area contributed by atoms with Crippen molar-refractivity contribution in [3.8, 4) is 28.5 Å². The second-order valence-electron chi connectivity index (χ2n) is 11.4. The van der Waals surface area contributed by atoms with E-state index in [-0.39, 0.29) is 0 Å². The smallest absolute Gasteiger partial charge is 0.162 e. The summed E-state index contributed by atoms with van der Waals surface area (Å²) < 4.78 is 7.60. The summed E-state index contributed by atoms with van der Waals surface area (Å²) in [4.78, 5) is 10.4. The van der Waals surface area contributed by atoms with Crippen molar-refractivity contribution in [2.24, 2.45) is 0 Å². The first-order chi connectivity index (χ1) is 22.3. The Balaban J connectivity index is 1.40. The standard InChI is InChI=1S/C40H23N3S2/c1-3-11-24(12-4-1)29-23-35(42-40(41-29)25-13-5-2-6-14-25)43-30-21-22-34-36(28-16-8-10-18-33(28)44-34)37(30)38-31(43)20-19-27-26-15-7-9-17-32(26)45-39(27)38/h1-23H. The van der Waals surface area contributed by atoms with E-state index in [1.807, 2.05) is 46.9 Å². The summed E-state index contributed by atoms with van der Waals surface area (Å²) in [6, 6.07) is 49.6. The van der Waals surface area contributed by atoms with Gasteiger partial charge in [0, 0.05) is 68.3 Å². The summed E-state index contributed by atoms with van der Waals surface area (Å²) >= 11 is 3.76. The Morgan fingerprint density at radius 1 is 0.444 bits per heavy atom. The van der Waals surface area contributed by atoms with Crippen molar-refractivity contribution in [3.63, 3.8) is 0 Å². The maximum Gasteiger partial charge on any atom is 0.162 e. The van der Waals surface area contributed by atoms with Gasteiger partial charge in [-0.1, -0.05) is 103 Å². The van der Waals surface area contributed by atoms with Crippen LogP contribution < -0.4 is 0 Å². The van der Waals surface area contributed by atoms with Crippen LogP contribution in [0.1, 0.15) is 0 Å². The summed E-state index contributed by atoms with van der Waals surface area (Å²) in [6.07, 6.45) is 0. The van der Waals surface area contributed by atoms with E-state index in [1.165, 1.54) is 51.1 Å². The number of hydrogen-bond donors (Lipinski definition) is 0. The second-order valence-corrected chi connectivity index (χ2v) is 13.5. The Bertz CT molecular complexity index is 2700. The topological polar surface area (TPSA) is 30.7 Å². The molecule has 0 saturated heterocycles. The number of nitrogens with zero attached hydrogens (tertiary/aromatic N) is 3. The van der Waals surface area contributed by atoms with Crippen LogP contribution in [0.25, 0.3) is 90.6 Å². The van der Waals surface area contributed by atoms with Crippen molar-refractivity contribution in [1.82, 2.24) is 14.5 Å². The second kappa shape index (κ2) is 9.57. The SMILES string of the molecule is c1ccc(-c2cc(-n3c4ccc5c6ccccc6sc5c4c4c5c(ccc43)sc3ccccc35)nc(-c3ccccc3)n2)cc1. The van der Waals surface area contributed by atoms with Gasteiger partial charge < -0.3 is 0 Å². The van der Waals surface area contributed by atoms with E-state index in [2.05, 4.69) is 120 Å². The molecule has 0 bridgehead atoms. The fourth-order valence-electron chi connectivity index (χ4n) is 6.85. The quantitative estimate of drug-likeness (QED) is 0.199. The molecule has 0 saturated carbocycles. The number of benzene rings is 6. The third-order valence-electron chi connectivity index (χ3n) is 8.82. The minimum atomic E-state index is 0.715. The molecule has 10 rings (SSSR count). The molecule has 5 heteroatoms. The molecule has 0 amide bonds. The molecule has 4 aromatic heterocycles. The molecular formula is C40H23N3S2. The van der Waals surface area contributed by atoms with Crippen LogP contribution >= 0.6 is 22.7 Å². The van der Waals surface area contributed by atoms with E-state index in [1.54, 1.807) is 0 Å². The predicted octanol–water partition coefficient (Wildman–Crippen LogP) is 11.6. The summed E-state index contributed by atoms with van der Waals surface area (Å²) in [7, 11) is 0. The average Bonchev–Trinajstić information content (AvgIpc) is 3.78. The molecule has 3 nitrogen and oxygen atoms in total.